The van der Waals surface area contributed by atoms with Crippen molar-refractivity contribution in [1.29, 1.82) is 0 Å². The van der Waals surface area contributed by atoms with Gasteiger partial charge in [0.05, 0.1) is 8.07 Å². The molecule has 0 atom stereocenters. The molecule has 4 aromatic carbocycles. The minimum absolute atomic E-state index is 0.789. The quantitative estimate of drug-likeness (QED) is 0.438. The Kier molecular flexibility index (Phi) is 2.62. The van der Waals surface area contributed by atoms with Gasteiger partial charge in [-0.25, -0.2) is 0 Å². The van der Waals surface area contributed by atoms with E-state index >= 15 is 0 Å². The maximum Gasteiger partial charge on any atom is 0.0950 e. The van der Waals surface area contributed by atoms with Gasteiger partial charge in [-0.05, 0) is 38.5 Å². The average Bonchev–Trinajstić information content (AvgIpc) is 2.52. The second-order valence-electron chi connectivity index (χ2n) is 6.56. The summed E-state index contributed by atoms with van der Waals surface area (Å²) in [5.41, 5.74) is 6.07. The maximum atomic E-state index is 6.07. The molecule has 0 aliphatic rings. The van der Waals surface area contributed by atoms with Crippen LogP contribution in [0.5, 0.6) is 0 Å². The molecule has 0 saturated heterocycles. The molecule has 104 valence electrons. The highest BCUT2D eigenvalue weighted by atomic mass is 28.3. The Balaban J connectivity index is 2.26. The molecule has 0 heterocycles. The highest BCUT2D eigenvalue weighted by molar-refractivity contribution is 6.91. The van der Waals surface area contributed by atoms with Crippen molar-refractivity contribution < 1.29 is 0 Å². The van der Waals surface area contributed by atoms with Crippen LogP contribution in [0.1, 0.15) is 0 Å². The third kappa shape index (κ3) is 1.73. The minimum Gasteiger partial charge on any atom is -0.333 e. The van der Waals surface area contributed by atoms with Crippen LogP contribution in [-0.2, 0) is 0 Å². The fraction of sp³-hybridized carbons (Fsp3) is 0.158. The van der Waals surface area contributed by atoms with E-state index in [2.05, 4.69) is 67.7 Å². The molecule has 2 heteroatoms. The predicted molar refractivity (Wildman–Crippen MR) is 96.3 cm³/mol. The Morgan fingerprint density at radius 1 is 0.762 bits per heavy atom. The molecule has 0 aliphatic carbocycles. The SMILES string of the molecule is C[Si](C)(CN)c1ccc2ccc3cccc4ccc1c2c34. The molecule has 0 unspecified atom stereocenters. The maximum absolute atomic E-state index is 6.07. The first kappa shape index (κ1) is 12.8. The zero-order chi connectivity index (χ0) is 14.6. The molecule has 0 fully saturated rings. The number of nitrogens with two attached hydrogens (primary N) is 1. The second-order valence-corrected chi connectivity index (χ2v) is 11.3. The molecule has 4 aromatic rings. The molecule has 4 rings (SSSR count). The third-order valence-electron chi connectivity index (χ3n) is 4.77. The Labute approximate surface area is 125 Å². The Hall–Kier alpha value is -1.90. The van der Waals surface area contributed by atoms with Crippen LogP contribution in [0.2, 0.25) is 13.1 Å². The van der Waals surface area contributed by atoms with Gasteiger partial charge < -0.3 is 5.73 Å². The topological polar surface area (TPSA) is 26.0 Å². The molecule has 0 bridgehead atoms. The van der Waals surface area contributed by atoms with E-state index in [0.29, 0.717) is 0 Å². The van der Waals surface area contributed by atoms with Crippen molar-refractivity contribution >= 4 is 45.6 Å². The van der Waals surface area contributed by atoms with Gasteiger partial charge in [0.25, 0.3) is 0 Å². The molecule has 2 N–H and O–H groups in total. The number of hydrogen-bond acceptors (Lipinski definition) is 1. The van der Waals surface area contributed by atoms with E-state index in [1.165, 1.54) is 37.5 Å². The van der Waals surface area contributed by atoms with E-state index in [1.54, 1.807) is 0 Å². The van der Waals surface area contributed by atoms with E-state index in [4.69, 9.17) is 5.73 Å². The monoisotopic (exact) mass is 289 g/mol. The summed E-state index contributed by atoms with van der Waals surface area (Å²) in [6, 6.07) is 20.2. The van der Waals surface area contributed by atoms with Crippen LogP contribution in [0.4, 0.5) is 0 Å². The van der Waals surface area contributed by atoms with Gasteiger partial charge in [-0.2, -0.15) is 0 Å². The lowest BCUT2D eigenvalue weighted by Crippen LogP contribution is -2.49. The number of benzene rings is 4. The first-order valence-electron chi connectivity index (χ1n) is 7.49. The van der Waals surface area contributed by atoms with Crippen LogP contribution in [-0.4, -0.2) is 14.2 Å². The Morgan fingerprint density at radius 2 is 1.33 bits per heavy atom. The third-order valence-corrected chi connectivity index (χ3v) is 7.68. The van der Waals surface area contributed by atoms with Gasteiger partial charge in [0.1, 0.15) is 0 Å². The zero-order valence-electron chi connectivity index (χ0n) is 12.5. The van der Waals surface area contributed by atoms with Crippen molar-refractivity contribution in [3.8, 4) is 0 Å². The summed E-state index contributed by atoms with van der Waals surface area (Å²) in [5.74, 6) is 0. The van der Waals surface area contributed by atoms with Gasteiger partial charge in [-0.3, -0.25) is 0 Å². The van der Waals surface area contributed by atoms with Gasteiger partial charge in [0, 0.05) is 0 Å². The zero-order valence-corrected chi connectivity index (χ0v) is 13.5. The van der Waals surface area contributed by atoms with Crippen LogP contribution >= 0.6 is 0 Å². The van der Waals surface area contributed by atoms with Gasteiger partial charge in [-0.1, -0.05) is 72.9 Å². The fourth-order valence-electron chi connectivity index (χ4n) is 3.44. The molecule has 0 aromatic heterocycles. The van der Waals surface area contributed by atoms with E-state index < -0.39 is 8.07 Å². The normalized spacial score (nSPS) is 12.7. The fourth-order valence-corrected chi connectivity index (χ4v) is 5.13. The summed E-state index contributed by atoms with van der Waals surface area (Å²) in [6.45, 7) is 4.72. The van der Waals surface area contributed by atoms with Gasteiger partial charge in [0.2, 0.25) is 0 Å². The first-order chi connectivity index (χ1) is 10.1. The standard InChI is InChI=1S/C19H19NSi/c1-21(2,12-20)17-11-9-15-7-6-13-4-3-5-14-8-10-16(17)19(15)18(13)14/h3-11H,12,20H2,1-2H3. The molecular weight excluding hydrogens is 270 g/mol. The van der Waals surface area contributed by atoms with Crippen molar-refractivity contribution in [2.24, 2.45) is 5.73 Å². The number of rotatable bonds is 2. The average molecular weight is 289 g/mol. The molecular formula is C19H19NSi. The summed E-state index contributed by atoms with van der Waals surface area (Å²) < 4.78 is 0. The van der Waals surface area contributed by atoms with E-state index in [-0.39, 0.29) is 0 Å². The molecule has 1 nitrogen and oxygen atoms in total. The van der Waals surface area contributed by atoms with Crippen LogP contribution in [0, 0.1) is 0 Å². The second kappa shape index (κ2) is 4.29. The molecule has 0 saturated carbocycles. The van der Waals surface area contributed by atoms with E-state index in [9.17, 15) is 0 Å². The van der Waals surface area contributed by atoms with Gasteiger partial charge in [-0.15, -0.1) is 0 Å². The van der Waals surface area contributed by atoms with Crippen LogP contribution in [0.25, 0.3) is 32.3 Å². The Bertz CT molecular complexity index is 940. The van der Waals surface area contributed by atoms with E-state index in [0.717, 1.165) is 6.17 Å². The summed E-state index contributed by atoms with van der Waals surface area (Å²) in [7, 11) is -1.57. The largest absolute Gasteiger partial charge is 0.333 e. The lowest BCUT2D eigenvalue weighted by molar-refractivity contribution is 1.31. The first-order valence-corrected chi connectivity index (χ1v) is 10.7. The Morgan fingerprint density at radius 3 is 2.00 bits per heavy atom. The highest BCUT2D eigenvalue weighted by Crippen LogP contribution is 2.34. The lowest BCUT2D eigenvalue weighted by atomic mass is 9.94. The summed E-state index contributed by atoms with van der Waals surface area (Å²) in [5, 5.41) is 9.69. The van der Waals surface area contributed by atoms with Crippen molar-refractivity contribution in [1.82, 2.24) is 0 Å². The summed E-state index contributed by atoms with van der Waals surface area (Å²) in [6.07, 6.45) is 0.789. The summed E-state index contributed by atoms with van der Waals surface area (Å²) >= 11 is 0. The molecule has 0 amide bonds. The van der Waals surface area contributed by atoms with Crippen LogP contribution in [0.3, 0.4) is 0 Å². The molecule has 0 radical (unpaired) electrons. The highest BCUT2D eigenvalue weighted by Gasteiger charge is 2.24. The van der Waals surface area contributed by atoms with Crippen molar-refractivity contribution in [2.45, 2.75) is 13.1 Å². The van der Waals surface area contributed by atoms with Crippen molar-refractivity contribution in [2.75, 3.05) is 6.17 Å². The lowest BCUT2D eigenvalue weighted by Gasteiger charge is -2.24. The molecule has 0 spiro atoms. The van der Waals surface area contributed by atoms with Gasteiger partial charge in [0.15, 0.2) is 0 Å². The predicted octanol–water partition coefficient (Wildman–Crippen LogP) is 4.00. The summed E-state index contributed by atoms with van der Waals surface area (Å²) in [4.78, 5) is 0. The van der Waals surface area contributed by atoms with Crippen LogP contribution in [0.15, 0.2) is 54.6 Å². The molecule has 21 heavy (non-hydrogen) atoms. The van der Waals surface area contributed by atoms with Gasteiger partial charge >= 0.3 is 0 Å². The smallest absolute Gasteiger partial charge is 0.0950 e. The molecule has 0 aliphatic heterocycles. The van der Waals surface area contributed by atoms with E-state index in [1.807, 2.05) is 0 Å². The van der Waals surface area contributed by atoms with Crippen molar-refractivity contribution in [3.05, 3.63) is 54.6 Å². The van der Waals surface area contributed by atoms with Crippen molar-refractivity contribution in [3.63, 3.8) is 0 Å². The number of hydrogen-bond donors (Lipinski definition) is 1. The minimum atomic E-state index is -1.57. The van der Waals surface area contributed by atoms with Crippen LogP contribution < -0.4 is 10.9 Å².